The summed E-state index contributed by atoms with van der Waals surface area (Å²) < 4.78 is 13.6. The average molecular weight is 528 g/mol. The Morgan fingerprint density at radius 2 is 1.94 bits per heavy atom. The lowest BCUT2D eigenvalue weighted by Crippen LogP contribution is -2.39. The van der Waals surface area contributed by atoms with Gasteiger partial charge in [-0.3, -0.25) is 14.6 Å². The zero-order chi connectivity index (χ0) is 24.2. The number of nitrogens with zero attached hydrogens (tertiary/aromatic N) is 5. The first-order valence-corrected chi connectivity index (χ1v) is 12.6. The van der Waals surface area contributed by atoms with Crippen molar-refractivity contribution in [2.75, 3.05) is 51.4 Å². The number of halogens is 1. The van der Waals surface area contributed by atoms with Gasteiger partial charge in [-0.05, 0) is 37.6 Å². The van der Waals surface area contributed by atoms with Gasteiger partial charge in [0.2, 0.25) is 0 Å². The molecule has 8 nitrogen and oxygen atoms in total. The number of anilines is 1. The van der Waals surface area contributed by atoms with Crippen LogP contribution in [0.2, 0.25) is 0 Å². The standard InChI is InChI=1S/C26H29N5O3S.ClH/c1-19-22(18-27-31(19)20-7-4-3-5-8-20)25(32)30(12-6-11-29-13-15-34-16-14-29)26-28-23-17-21(33-2)9-10-24(23)35-26;/h3-5,7-10,17-18H,6,11-16H2,1-2H3;1H. The lowest BCUT2D eigenvalue weighted by molar-refractivity contribution is 0.0376. The van der Waals surface area contributed by atoms with E-state index in [4.69, 9.17) is 14.5 Å². The molecule has 0 radical (unpaired) electrons. The number of ether oxygens (including phenoxy) is 2. The van der Waals surface area contributed by atoms with Crippen molar-refractivity contribution in [2.45, 2.75) is 13.3 Å². The molecule has 36 heavy (non-hydrogen) atoms. The normalized spacial score (nSPS) is 13.9. The van der Waals surface area contributed by atoms with Crippen molar-refractivity contribution >= 4 is 45.0 Å². The van der Waals surface area contributed by atoms with E-state index in [1.165, 1.54) is 11.3 Å². The van der Waals surface area contributed by atoms with E-state index in [1.807, 2.05) is 60.1 Å². The van der Waals surface area contributed by atoms with E-state index in [0.29, 0.717) is 17.2 Å². The number of methoxy groups -OCH3 is 1. The number of hydrogen-bond donors (Lipinski definition) is 0. The van der Waals surface area contributed by atoms with Crippen LogP contribution in [0.3, 0.4) is 0 Å². The van der Waals surface area contributed by atoms with Crippen molar-refractivity contribution in [1.29, 1.82) is 0 Å². The Morgan fingerprint density at radius 1 is 1.17 bits per heavy atom. The maximum Gasteiger partial charge on any atom is 0.263 e. The third-order valence-corrected chi connectivity index (χ3v) is 7.32. The Kier molecular flexibility index (Phi) is 8.58. The molecule has 1 amide bonds. The van der Waals surface area contributed by atoms with E-state index in [0.717, 1.165) is 66.6 Å². The molecule has 0 N–H and O–H groups in total. The van der Waals surface area contributed by atoms with E-state index in [9.17, 15) is 4.79 Å². The fourth-order valence-corrected chi connectivity index (χ4v) is 5.26. The summed E-state index contributed by atoms with van der Waals surface area (Å²) in [6, 6.07) is 15.7. The van der Waals surface area contributed by atoms with Gasteiger partial charge >= 0.3 is 0 Å². The number of hydrogen-bond acceptors (Lipinski definition) is 7. The molecule has 0 atom stereocenters. The van der Waals surface area contributed by atoms with E-state index in [1.54, 1.807) is 18.2 Å². The zero-order valence-electron chi connectivity index (χ0n) is 20.4. The number of fused-ring (bicyclic) bond motifs is 1. The van der Waals surface area contributed by atoms with Gasteiger partial charge in [-0.15, -0.1) is 12.4 Å². The van der Waals surface area contributed by atoms with Crippen molar-refractivity contribution in [1.82, 2.24) is 19.7 Å². The maximum atomic E-state index is 13.9. The molecular formula is C26H30ClN5O3S. The number of amides is 1. The van der Waals surface area contributed by atoms with Crippen LogP contribution in [-0.4, -0.2) is 72.1 Å². The number of rotatable bonds is 8. The lowest BCUT2D eigenvalue weighted by atomic mass is 10.2. The van der Waals surface area contributed by atoms with Crippen LogP contribution in [0.4, 0.5) is 5.13 Å². The molecule has 0 saturated carbocycles. The molecule has 190 valence electrons. The second-order valence-electron chi connectivity index (χ2n) is 8.49. The zero-order valence-corrected chi connectivity index (χ0v) is 22.1. The van der Waals surface area contributed by atoms with Crippen LogP contribution in [-0.2, 0) is 4.74 Å². The number of carbonyl (C=O) groups excluding carboxylic acids is 1. The molecule has 0 aliphatic carbocycles. The molecule has 1 aliphatic heterocycles. The van der Waals surface area contributed by atoms with E-state index >= 15 is 0 Å². The Labute approximate surface area is 220 Å². The first kappa shape index (κ1) is 26.1. The average Bonchev–Trinajstić information content (AvgIpc) is 3.50. The summed E-state index contributed by atoms with van der Waals surface area (Å²) in [6.45, 7) is 6.80. The molecule has 1 fully saturated rings. The highest BCUT2D eigenvalue weighted by Gasteiger charge is 2.25. The van der Waals surface area contributed by atoms with E-state index in [2.05, 4.69) is 10.00 Å². The molecule has 0 bridgehead atoms. The molecule has 3 heterocycles. The minimum atomic E-state index is -0.0855. The monoisotopic (exact) mass is 527 g/mol. The molecular weight excluding hydrogens is 498 g/mol. The van der Waals surface area contributed by atoms with Gasteiger partial charge in [0.15, 0.2) is 5.13 Å². The lowest BCUT2D eigenvalue weighted by Gasteiger charge is -2.27. The molecule has 2 aromatic carbocycles. The van der Waals surface area contributed by atoms with Gasteiger partial charge in [0.25, 0.3) is 5.91 Å². The van der Waals surface area contributed by atoms with Crippen LogP contribution in [0, 0.1) is 6.92 Å². The third-order valence-electron chi connectivity index (χ3n) is 6.26. The van der Waals surface area contributed by atoms with E-state index in [-0.39, 0.29) is 18.3 Å². The van der Waals surface area contributed by atoms with Crippen molar-refractivity contribution in [3.05, 3.63) is 66.0 Å². The summed E-state index contributed by atoms with van der Waals surface area (Å²) in [5.74, 6) is 0.664. The highest BCUT2D eigenvalue weighted by Crippen LogP contribution is 2.32. The van der Waals surface area contributed by atoms with Gasteiger partial charge in [0, 0.05) is 32.2 Å². The molecule has 4 aromatic rings. The summed E-state index contributed by atoms with van der Waals surface area (Å²) in [5, 5.41) is 5.20. The van der Waals surface area contributed by atoms with Crippen LogP contribution in [0.5, 0.6) is 5.75 Å². The van der Waals surface area contributed by atoms with Gasteiger partial charge in [-0.2, -0.15) is 5.10 Å². The molecule has 0 spiro atoms. The Hall–Kier alpha value is -2.98. The Morgan fingerprint density at radius 3 is 2.69 bits per heavy atom. The molecule has 1 saturated heterocycles. The van der Waals surface area contributed by atoms with Gasteiger partial charge < -0.3 is 9.47 Å². The summed E-state index contributed by atoms with van der Waals surface area (Å²) in [5.41, 5.74) is 3.14. The predicted molar refractivity (Wildman–Crippen MR) is 145 cm³/mol. The first-order valence-electron chi connectivity index (χ1n) is 11.8. The minimum absolute atomic E-state index is 0. The Bertz CT molecular complexity index is 1300. The predicted octanol–water partition coefficient (Wildman–Crippen LogP) is 4.59. The SMILES string of the molecule is COc1ccc2sc(N(CCCN3CCOCC3)C(=O)c3cnn(-c4ccccc4)c3C)nc2c1.Cl. The van der Waals surface area contributed by atoms with Crippen LogP contribution in [0.25, 0.3) is 15.9 Å². The van der Waals surface area contributed by atoms with E-state index < -0.39 is 0 Å². The topological polar surface area (TPSA) is 72.7 Å². The molecule has 2 aromatic heterocycles. The van der Waals surface area contributed by atoms with Crippen molar-refractivity contribution in [3.63, 3.8) is 0 Å². The number of para-hydroxylation sites is 1. The first-order chi connectivity index (χ1) is 17.1. The number of carbonyl (C=O) groups is 1. The van der Waals surface area contributed by atoms with Crippen LogP contribution >= 0.6 is 23.7 Å². The van der Waals surface area contributed by atoms with Gasteiger partial charge in [0.1, 0.15) is 5.75 Å². The van der Waals surface area contributed by atoms with Crippen molar-refractivity contribution in [2.24, 2.45) is 0 Å². The summed E-state index contributed by atoms with van der Waals surface area (Å²) in [7, 11) is 1.64. The fourth-order valence-electron chi connectivity index (χ4n) is 4.29. The largest absolute Gasteiger partial charge is 0.497 e. The molecule has 5 rings (SSSR count). The number of benzene rings is 2. The number of aromatic nitrogens is 3. The second kappa shape index (κ2) is 11.8. The fraction of sp³-hybridized carbons (Fsp3) is 0.346. The minimum Gasteiger partial charge on any atom is -0.497 e. The van der Waals surface area contributed by atoms with Gasteiger partial charge in [-0.1, -0.05) is 29.5 Å². The summed E-state index contributed by atoms with van der Waals surface area (Å²) in [6.07, 6.45) is 2.51. The smallest absolute Gasteiger partial charge is 0.263 e. The molecule has 10 heteroatoms. The van der Waals surface area contributed by atoms with Crippen LogP contribution in [0.15, 0.2) is 54.7 Å². The van der Waals surface area contributed by atoms with Crippen molar-refractivity contribution < 1.29 is 14.3 Å². The summed E-state index contributed by atoms with van der Waals surface area (Å²) >= 11 is 1.52. The van der Waals surface area contributed by atoms with Gasteiger partial charge in [0.05, 0.1) is 53.7 Å². The van der Waals surface area contributed by atoms with Crippen LogP contribution in [0.1, 0.15) is 22.5 Å². The van der Waals surface area contributed by atoms with Gasteiger partial charge in [-0.25, -0.2) is 9.67 Å². The maximum absolute atomic E-state index is 13.9. The quantitative estimate of drug-likeness (QED) is 0.334. The second-order valence-corrected chi connectivity index (χ2v) is 9.49. The molecule has 1 aliphatic rings. The van der Waals surface area contributed by atoms with Crippen LogP contribution < -0.4 is 9.64 Å². The summed E-state index contributed by atoms with van der Waals surface area (Å²) in [4.78, 5) is 22.9. The number of thiazole rings is 1. The Balaban J connectivity index is 0.00000304. The third kappa shape index (κ3) is 5.54. The van der Waals surface area contributed by atoms with Crippen molar-refractivity contribution in [3.8, 4) is 11.4 Å². The molecule has 0 unspecified atom stereocenters. The highest BCUT2D eigenvalue weighted by atomic mass is 35.5. The number of morpholine rings is 1. The highest BCUT2D eigenvalue weighted by molar-refractivity contribution is 7.22.